The molecule has 2 nitrogen and oxygen atoms in total. The Hall–Kier alpha value is -0.670. The van der Waals surface area contributed by atoms with Gasteiger partial charge in [0.15, 0.2) is 0 Å². The molecule has 0 unspecified atom stereocenters. The third-order valence-electron chi connectivity index (χ3n) is 2.47. The molecule has 0 saturated heterocycles. The lowest BCUT2D eigenvalue weighted by Gasteiger charge is -2.30. The highest BCUT2D eigenvalue weighted by atomic mass is 32.2. The minimum absolute atomic E-state index is 0.734. The third kappa shape index (κ3) is 1.88. The number of thioether (sulfide) groups is 1. The Kier molecular flexibility index (Phi) is 2.99. The second kappa shape index (κ2) is 4.24. The van der Waals surface area contributed by atoms with Gasteiger partial charge in [-0.3, -0.25) is 0 Å². The highest BCUT2D eigenvalue weighted by Crippen LogP contribution is 2.34. The van der Waals surface area contributed by atoms with Crippen LogP contribution in [0.2, 0.25) is 0 Å². The van der Waals surface area contributed by atoms with Crippen molar-refractivity contribution in [1.29, 1.82) is 0 Å². The summed E-state index contributed by atoms with van der Waals surface area (Å²) in [5.41, 5.74) is 8.30. The van der Waals surface area contributed by atoms with Gasteiger partial charge < -0.3 is 10.6 Å². The summed E-state index contributed by atoms with van der Waals surface area (Å²) >= 11 is 1.94. The van der Waals surface area contributed by atoms with Crippen LogP contribution in [0.15, 0.2) is 23.1 Å². The predicted octanol–water partition coefficient (Wildman–Crippen LogP) is 1.87. The zero-order chi connectivity index (χ0) is 9.97. The van der Waals surface area contributed by atoms with E-state index in [0.29, 0.717) is 0 Å². The van der Waals surface area contributed by atoms with E-state index in [-0.39, 0.29) is 0 Å². The molecule has 2 N–H and O–H groups in total. The summed E-state index contributed by atoms with van der Waals surface area (Å²) < 4.78 is 0. The summed E-state index contributed by atoms with van der Waals surface area (Å²) in [4.78, 5) is 3.79. The van der Waals surface area contributed by atoms with Crippen LogP contribution in [0.5, 0.6) is 0 Å². The number of anilines is 1. The number of rotatable bonds is 2. The minimum atomic E-state index is 0.734. The molecule has 0 bridgehead atoms. The van der Waals surface area contributed by atoms with Gasteiger partial charge in [-0.2, -0.15) is 0 Å². The Morgan fingerprint density at radius 3 is 3.14 bits per heavy atom. The predicted molar refractivity (Wildman–Crippen MR) is 63.2 cm³/mol. The lowest BCUT2D eigenvalue weighted by Crippen LogP contribution is -2.33. The molecule has 2 rings (SSSR count). The first kappa shape index (κ1) is 9.87. The Bertz CT molecular complexity index is 325. The van der Waals surface area contributed by atoms with Crippen LogP contribution in [0, 0.1) is 6.92 Å². The fourth-order valence-corrected chi connectivity index (χ4v) is 2.80. The molecule has 1 heterocycles. The molecule has 0 amide bonds. The first-order chi connectivity index (χ1) is 6.81. The number of benzene rings is 1. The van der Waals surface area contributed by atoms with Crippen molar-refractivity contribution < 1.29 is 0 Å². The van der Waals surface area contributed by atoms with Gasteiger partial charge in [-0.05, 0) is 24.6 Å². The molecule has 76 valence electrons. The van der Waals surface area contributed by atoms with Crippen molar-refractivity contribution in [2.75, 3.05) is 30.3 Å². The lowest BCUT2D eigenvalue weighted by molar-refractivity contribution is 0.804. The highest BCUT2D eigenvalue weighted by molar-refractivity contribution is 7.99. The Labute approximate surface area is 89.5 Å². The molecule has 0 saturated carbocycles. The van der Waals surface area contributed by atoms with Crippen LogP contribution in [0.3, 0.4) is 0 Å². The first-order valence-corrected chi connectivity index (χ1v) is 5.98. The first-order valence-electron chi connectivity index (χ1n) is 5.00. The Morgan fingerprint density at radius 1 is 1.50 bits per heavy atom. The van der Waals surface area contributed by atoms with Gasteiger partial charge in [-0.25, -0.2) is 0 Å². The fourth-order valence-electron chi connectivity index (χ4n) is 1.77. The van der Waals surface area contributed by atoms with E-state index < -0.39 is 0 Å². The highest BCUT2D eigenvalue weighted by Gasteiger charge is 2.16. The second-order valence-corrected chi connectivity index (χ2v) is 4.73. The van der Waals surface area contributed by atoms with Gasteiger partial charge in [0, 0.05) is 30.3 Å². The summed E-state index contributed by atoms with van der Waals surface area (Å²) in [5, 5.41) is 0. The smallest absolute Gasteiger partial charge is 0.0507 e. The van der Waals surface area contributed by atoms with Crippen molar-refractivity contribution in [3.05, 3.63) is 23.8 Å². The molecule has 0 fully saturated rings. The molecule has 0 aromatic heterocycles. The fraction of sp³-hybridized carbons (Fsp3) is 0.455. The summed E-state index contributed by atoms with van der Waals surface area (Å²) in [7, 11) is 0. The SMILES string of the molecule is Cc1ccc2c(c1)N(CCN)CCS2. The molecular weight excluding hydrogens is 192 g/mol. The number of fused-ring (bicyclic) bond motifs is 1. The maximum atomic E-state index is 5.61. The van der Waals surface area contributed by atoms with Crippen LogP contribution in [-0.2, 0) is 0 Å². The van der Waals surface area contributed by atoms with Gasteiger partial charge in [-0.15, -0.1) is 11.8 Å². The number of hydrogen-bond acceptors (Lipinski definition) is 3. The molecule has 1 aromatic carbocycles. The van der Waals surface area contributed by atoms with Gasteiger partial charge in [0.1, 0.15) is 0 Å². The second-order valence-electron chi connectivity index (χ2n) is 3.60. The van der Waals surface area contributed by atoms with Crippen LogP contribution in [-0.4, -0.2) is 25.4 Å². The lowest BCUT2D eigenvalue weighted by atomic mass is 10.2. The number of nitrogens with zero attached hydrogens (tertiary/aromatic N) is 1. The van der Waals surface area contributed by atoms with Crippen molar-refractivity contribution >= 4 is 17.4 Å². The average Bonchev–Trinajstić information content (AvgIpc) is 2.19. The van der Waals surface area contributed by atoms with E-state index in [2.05, 4.69) is 30.0 Å². The molecule has 1 aliphatic rings. The van der Waals surface area contributed by atoms with Crippen molar-refractivity contribution in [1.82, 2.24) is 0 Å². The van der Waals surface area contributed by atoms with Gasteiger partial charge in [0.2, 0.25) is 0 Å². The molecule has 0 aliphatic carbocycles. The van der Waals surface area contributed by atoms with Crippen molar-refractivity contribution in [3.8, 4) is 0 Å². The Morgan fingerprint density at radius 2 is 2.36 bits per heavy atom. The Balaban J connectivity index is 2.32. The van der Waals surface area contributed by atoms with Crippen LogP contribution < -0.4 is 10.6 Å². The quantitative estimate of drug-likeness (QED) is 0.804. The van der Waals surface area contributed by atoms with Crippen LogP contribution in [0.4, 0.5) is 5.69 Å². The third-order valence-corrected chi connectivity index (χ3v) is 3.52. The molecule has 3 heteroatoms. The van der Waals surface area contributed by atoms with Gasteiger partial charge in [-0.1, -0.05) is 6.07 Å². The minimum Gasteiger partial charge on any atom is -0.369 e. The molecule has 0 atom stereocenters. The topological polar surface area (TPSA) is 29.3 Å². The van der Waals surface area contributed by atoms with E-state index in [0.717, 1.165) is 19.6 Å². The monoisotopic (exact) mass is 208 g/mol. The van der Waals surface area contributed by atoms with Gasteiger partial charge in [0.25, 0.3) is 0 Å². The van der Waals surface area contributed by atoms with Gasteiger partial charge >= 0.3 is 0 Å². The number of nitrogens with two attached hydrogens (primary N) is 1. The molecular formula is C11H16N2S. The van der Waals surface area contributed by atoms with Crippen molar-refractivity contribution in [2.45, 2.75) is 11.8 Å². The van der Waals surface area contributed by atoms with E-state index >= 15 is 0 Å². The van der Waals surface area contributed by atoms with Crippen LogP contribution in [0.25, 0.3) is 0 Å². The van der Waals surface area contributed by atoms with E-state index in [4.69, 9.17) is 5.73 Å². The number of aryl methyl sites for hydroxylation is 1. The zero-order valence-electron chi connectivity index (χ0n) is 8.49. The summed E-state index contributed by atoms with van der Waals surface area (Å²) in [6.07, 6.45) is 0. The standard InChI is InChI=1S/C11H16N2S/c1-9-2-3-11-10(8-9)13(5-4-12)6-7-14-11/h2-3,8H,4-7,12H2,1H3. The molecule has 0 spiro atoms. The largest absolute Gasteiger partial charge is 0.369 e. The maximum Gasteiger partial charge on any atom is 0.0507 e. The molecule has 14 heavy (non-hydrogen) atoms. The molecule has 1 aromatic rings. The van der Waals surface area contributed by atoms with E-state index in [9.17, 15) is 0 Å². The van der Waals surface area contributed by atoms with E-state index in [1.54, 1.807) is 0 Å². The zero-order valence-corrected chi connectivity index (χ0v) is 9.31. The van der Waals surface area contributed by atoms with E-state index in [1.165, 1.54) is 21.9 Å². The summed E-state index contributed by atoms with van der Waals surface area (Å²) in [6.45, 7) is 4.97. The number of hydrogen-bond donors (Lipinski definition) is 1. The van der Waals surface area contributed by atoms with Gasteiger partial charge in [0.05, 0.1) is 5.69 Å². The summed E-state index contributed by atoms with van der Waals surface area (Å²) in [5.74, 6) is 1.18. The van der Waals surface area contributed by atoms with Crippen LogP contribution in [0.1, 0.15) is 5.56 Å². The van der Waals surface area contributed by atoms with Crippen LogP contribution >= 0.6 is 11.8 Å². The normalized spacial score (nSPS) is 15.4. The molecule has 1 aliphatic heterocycles. The van der Waals surface area contributed by atoms with Crippen molar-refractivity contribution in [2.24, 2.45) is 5.73 Å². The maximum absolute atomic E-state index is 5.61. The average molecular weight is 208 g/mol. The van der Waals surface area contributed by atoms with Crippen molar-refractivity contribution in [3.63, 3.8) is 0 Å². The van der Waals surface area contributed by atoms with E-state index in [1.807, 2.05) is 11.8 Å². The summed E-state index contributed by atoms with van der Waals surface area (Å²) in [6, 6.07) is 6.66. The molecule has 0 radical (unpaired) electrons.